The molecule has 21 heavy (non-hydrogen) atoms. The average Bonchev–Trinajstić information content (AvgIpc) is 2.37. The van der Waals surface area contributed by atoms with E-state index in [9.17, 15) is 4.79 Å². The highest BCUT2D eigenvalue weighted by Crippen LogP contribution is 2.16. The zero-order chi connectivity index (χ0) is 14.6. The predicted octanol–water partition coefficient (Wildman–Crippen LogP) is 0.299. The van der Waals surface area contributed by atoms with E-state index in [-0.39, 0.29) is 24.0 Å². The van der Waals surface area contributed by atoms with Gasteiger partial charge >= 0.3 is 6.09 Å². The van der Waals surface area contributed by atoms with E-state index in [0.717, 1.165) is 24.0 Å². The van der Waals surface area contributed by atoms with Crippen LogP contribution in [0.1, 0.15) is 6.42 Å². The third kappa shape index (κ3) is 6.23. The van der Waals surface area contributed by atoms with Crippen LogP contribution < -0.4 is 29.3 Å². The Kier molecular flexibility index (Phi) is 6.96. The maximum atomic E-state index is 11.7. The van der Waals surface area contributed by atoms with Crippen molar-refractivity contribution in [1.82, 2.24) is 0 Å². The Morgan fingerprint density at radius 1 is 1.43 bits per heavy atom. The zero-order valence-electron chi connectivity index (χ0n) is 12.2. The third-order valence-corrected chi connectivity index (χ3v) is 3.61. The van der Waals surface area contributed by atoms with Crippen LogP contribution in [0.5, 0.6) is 0 Å². The number of carbonyl (C=O) groups is 1. The smallest absolute Gasteiger partial charge is 0.411 e. The van der Waals surface area contributed by atoms with Crippen LogP contribution >= 0.6 is 11.6 Å². The lowest BCUT2D eigenvalue weighted by Crippen LogP contribution is -3.00. The molecule has 0 radical (unpaired) electrons. The summed E-state index contributed by atoms with van der Waals surface area (Å²) in [6.45, 7) is 2.41. The van der Waals surface area contributed by atoms with E-state index in [0.29, 0.717) is 17.3 Å². The first-order chi connectivity index (χ1) is 9.44. The molecule has 4 nitrogen and oxygen atoms in total. The number of hydrogen-bond acceptors (Lipinski definition) is 2. The number of ether oxygens (including phenoxy) is 1. The number of nitrogens with one attached hydrogen (secondary N) is 1. The van der Waals surface area contributed by atoms with Gasteiger partial charge < -0.3 is 33.2 Å². The molecule has 1 heterocycles. The Balaban J connectivity index is 0.00000220. The van der Waals surface area contributed by atoms with Gasteiger partial charge in [0.1, 0.15) is 6.61 Å². The number of amides is 1. The predicted molar refractivity (Wildman–Crippen MR) is 81.0 cm³/mol. The lowest BCUT2D eigenvalue weighted by atomic mass is 10.1. The molecule has 1 aromatic rings. The molecule has 6 heteroatoms. The zero-order valence-corrected chi connectivity index (χ0v) is 15.1. The van der Waals surface area contributed by atoms with Crippen LogP contribution in [0.3, 0.4) is 0 Å². The molecule has 0 atom stereocenters. The van der Waals surface area contributed by atoms with Crippen molar-refractivity contribution in [2.75, 3.05) is 39.1 Å². The summed E-state index contributed by atoms with van der Waals surface area (Å²) in [6.07, 6.45) is 2.68. The minimum atomic E-state index is -0.451. The van der Waals surface area contributed by atoms with Crippen LogP contribution in [0.2, 0.25) is 5.02 Å². The largest absolute Gasteiger partial charge is 1.00 e. The van der Waals surface area contributed by atoms with Crippen LogP contribution in [0.25, 0.3) is 0 Å². The van der Waals surface area contributed by atoms with Crippen LogP contribution in [-0.4, -0.2) is 44.4 Å². The van der Waals surface area contributed by atoms with Gasteiger partial charge in [-0.05, 0) is 29.8 Å². The van der Waals surface area contributed by atoms with Gasteiger partial charge in [-0.15, -0.1) is 0 Å². The van der Waals surface area contributed by atoms with E-state index in [2.05, 4.69) is 25.5 Å². The number of halogens is 2. The van der Waals surface area contributed by atoms with E-state index in [1.165, 1.54) is 5.57 Å². The van der Waals surface area contributed by atoms with Gasteiger partial charge in [0.2, 0.25) is 0 Å². The van der Waals surface area contributed by atoms with Crippen molar-refractivity contribution >= 4 is 23.4 Å². The van der Waals surface area contributed by atoms with Gasteiger partial charge in [0.25, 0.3) is 0 Å². The quantitative estimate of drug-likeness (QED) is 0.432. The summed E-state index contributed by atoms with van der Waals surface area (Å²) in [6, 6.07) is 6.99. The number of hydrogen-bond donors (Lipinski definition) is 1. The Hall–Kier alpha value is -0.790. The van der Waals surface area contributed by atoms with Gasteiger partial charge in [-0.1, -0.05) is 17.7 Å². The SMILES string of the molecule is C[N+]1(C)CC=C(COC(=O)Nc2cccc(Cl)c2)CC1.[I-]. The van der Waals surface area contributed by atoms with Crippen molar-refractivity contribution in [1.29, 1.82) is 0 Å². The minimum absolute atomic E-state index is 0. The average molecular weight is 423 g/mol. The first kappa shape index (κ1) is 18.3. The molecule has 2 rings (SSSR count). The Bertz CT molecular complexity index is 532. The second kappa shape index (κ2) is 8.00. The lowest BCUT2D eigenvalue weighted by Gasteiger charge is -2.32. The second-order valence-corrected chi connectivity index (χ2v) is 6.10. The molecule has 0 unspecified atom stereocenters. The fourth-order valence-corrected chi connectivity index (χ4v) is 2.22. The highest BCUT2D eigenvalue weighted by atomic mass is 127. The van der Waals surface area contributed by atoms with Crippen molar-refractivity contribution in [2.45, 2.75) is 6.42 Å². The first-order valence-electron chi connectivity index (χ1n) is 6.64. The summed E-state index contributed by atoms with van der Waals surface area (Å²) >= 11 is 5.85. The molecule has 1 aliphatic heterocycles. The molecule has 116 valence electrons. The van der Waals surface area contributed by atoms with Gasteiger partial charge in [0, 0.05) is 17.1 Å². The van der Waals surface area contributed by atoms with Gasteiger partial charge in [0.05, 0.1) is 27.2 Å². The molecular formula is C15H20ClIN2O2. The summed E-state index contributed by atoms with van der Waals surface area (Å²) in [4.78, 5) is 11.7. The molecule has 1 amide bonds. The van der Waals surface area contributed by atoms with Crippen LogP contribution in [0.15, 0.2) is 35.9 Å². The third-order valence-electron chi connectivity index (χ3n) is 3.37. The molecule has 1 aliphatic rings. The molecule has 1 aromatic carbocycles. The fourth-order valence-electron chi connectivity index (χ4n) is 2.03. The van der Waals surface area contributed by atoms with Crippen LogP contribution in [0, 0.1) is 0 Å². The number of likely N-dealkylation sites (N-methyl/N-ethyl adjacent to an activating group) is 1. The molecule has 0 spiro atoms. The van der Waals surface area contributed by atoms with E-state index in [1.54, 1.807) is 24.3 Å². The molecule has 0 saturated carbocycles. The Morgan fingerprint density at radius 2 is 2.19 bits per heavy atom. The van der Waals surface area contributed by atoms with Gasteiger partial charge in [0.15, 0.2) is 0 Å². The molecule has 0 aliphatic carbocycles. The molecule has 1 N–H and O–H groups in total. The highest BCUT2D eigenvalue weighted by Gasteiger charge is 2.20. The summed E-state index contributed by atoms with van der Waals surface area (Å²) in [5.74, 6) is 0. The minimum Gasteiger partial charge on any atom is -1.00 e. The van der Waals surface area contributed by atoms with E-state index in [1.807, 2.05) is 0 Å². The van der Waals surface area contributed by atoms with Crippen LogP contribution in [0.4, 0.5) is 10.5 Å². The van der Waals surface area contributed by atoms with Gasteiger partial charge in [-0.3, -0.25) is 5.32 Å². The number of anilines is 1. The molecule has 0 saturated heterocycles. The van der Waals surface area contributed by atoms with E-state index >= 15 is 0 Å². The van der Waals surface area contributed by atoms with E-state index < -0.39 is 6.09 Å². The maximum Gasteiger partial charge on any atom is 0.411 e. The number of nitrogens with zero attached hydrogens (tertiary/aromatic N) is 1. The van der Waals surface area contributed by atoms with Crippen LogP contribution in [-0.2, 0) is 4.74 Å². The summed E-state index contributed by atoms with van der Waals surface area (Å²) in [7, 11) is 4.39. The van der Waals surface area contributed by atoms with Crippen molar-refractivity contribution in [3.8, 4) is 0 Å². The van der Waals surface area contributed by atoms with Crippen molar-refractivity contribution in [3.63, 3.8) is 0 Å². The van der Waals surface area contributed by atoms with E-state index in [4.69, 9.17) is 16.3 Å². The molecule has 0 bridgehead atoms. The first-order valence-corrected chi connectivity index (χ1v) is 7.02. The normalized spacial score (nSPS) is 16.4. The van der Waals surface area contributed by atoms with Crippen molar-refractivity contribution in [3.05, 3.63) is 40.9 Å². The number of carbonyl (C=O) groups excluding carboxylic acids is 1. The molecular weight excluding hydrogens is 403 g/mol. The number of benzene rings is 1. The topological polar surface area (TPSA) is 38.3 Å². The summed E-state index contributed by atoms with van der Waals surface area (Å²) in [5.41, 5.74) is 1.82. The molecule has 0 fully saturated rings. The highest BCUT2D eigenvalue weighted by molar-refractivity contribution is 6.30. The van der Waals surface area contributed by atoms with Crippen molar-refractivity contribution in [2.24, 2.45) is 0 Å². The number of quaternary nitrogens is 1. The Morgan fingerprint density at radius 3 is 2.81 bits per heavy atom. The standard InChI is InChI=1S/C15H19ClN2O2.HI/c1-18(2)8-6-12(7-9-18)11-20-15(19)17-14-5-3-4-13(16)10-14;/h3-6,10H,7-9,11H2,1-2H3;1H. The fraction of sp³-hybridized carbons (Fsp3) is 0.400. The Labute approximate surface area is 147 Å². The second-order valence-electron chi connectivity index (χ2n) is 5.67. The van der Waals surface area contributed by atoms with Gasteiger partial charge in [-0.25, -0.2) is 4.79 Å². The maximum absolute atomic E-state index is 11.7. The lowest BCUT2D eigenvalue weighted by molar-refractivity contribution is -0.886. The molecule has 0 aromatic heterocycles. The summed E-state index contributed by atoms with van der Waals surface area (Å²) < 4.78 is 6.21. The number of rotatable bonds is 3. The summed E-state index contributed by atoms with van der Waals surface area (Å²) in [5, 5.41) is 3.24. The van der Waals surface area contributed by atoms with Crippen molar-refractivity contribution < 1.29 is 38.0 Å². The monoisotopic (exact) mass is 422 g/mol. The van der Waals surface area contributed by atoms with Gasteiger partial charge in [-0.2, -0.15) is 0 Å².